The molecule has 0 saturated carbocycles. The first-order chi connectivity index (χ1) is 15.3. The van der Waals surface area contributed by atoms with E-state index >= 15 is 0 Å². The summed E-state index contributed by atoms with van der Waals surface area (Å²) in [4.78, 5) is 14.8. The summed E-state index contributed by atoms with van der Waals surface area (Å²) in [6, 6.07) is 22.0. The zero-order valence-corrected chi connectivity index (χ0v) is 19.9. The van der Waals surface area contributed by atoms with E-state index in [2.05, 4.69) is 5.32 Å². The number of carbonyl (C=O) groups excluding carboxylic acids is 1. The molecule has 6 nitrogen and oxygen atoms in total. The van der Waals surface area contributed by atoms with Crippen LogP contribution >= 0.6 is 11.8 Å². The number of anilines is 1. The minimum atomic E-state index is -3.83. The molecule has 0 aliphatic heterocycles. The molecule has 0 aliphatic rings. The van der Waals surface area contributed by atoms with Gasteiger partial charge in [-0.3, -0.25) is 4.79 Å². The average molecular weight is 471 g/mol. The van der Waals surface area contributed by atoms with Crippen molar-refractivity contribution in [2.24, 2.45) is 0 Å². The Bertz CT molecular complexity index is 1180. The summed E-state index contributed by atoms with van der Waals surface area (Å²) in [5.41, 5.74) is 1.35. The van der Waals surface area contributed by atoms with Crippen molar-refractivity contribution in [2.75, 3.05) is 25.5 Å². The number of hydrogen-bond acceptors (Lipinski definition) is 5. The van der Waals surface area contributed by atoms with Crippen LogP contribution in [0.5, 0.6) is 5.75 Å². The number of sulfonamides is 1. The van der Waals surface area contributed by atoms with Crippen molar-refractivity contribution in [3.05, 3.63) is 78.4 Å². The highest BCUT2D eigenvalue weighted by molar-refractivity contribution is 7.99. The number of carbonyl (C=O) groups is 1. The number of ether oxygens (including phenoxy) is 1. The molecule has 0 atom stereocenters. The highest BCUT2D eigenvalue weighted by Gasteiger charge is 2.26. The number of benzene rings is 3. The fraction of sp³-hybridized carbons (Fsp3) is 0.208. The number of amides is 1. The maximum atomic E-state index is 13.1. The van der Waals surface area contributed by atoms with Gasteiger partial charge in [-0.25, -0.2) is 8.42 Å². The minimum Gasteiger partial charge on any atom is -0.496 e. The molecule has 0 radical (unpaired) electrons. The summed E-state index contributed by atoms with van der Waals surface area (Å²) in [6.45, 7) is 3.37. The zero-order valence-electron chi connectivity index (χ0n) is 18.2. The monoisotopic (exact) mass is 470 g/mol. The van der Waals surface area contributed by atoms with E-state index < -0.39 is 15.9 Å². The number of methoxy groups -OCH3 is 1. The second-order valence-electron chi connectivity index (χ2n) is 7.02. The second-order valence-corrected chi connectivity index (χ2v) is 10.1. The van der Waals surface area contributed by atoms with Gasteiger partial charge in [0.25, 0.3) is 0 Å². The van der Waals surface area contributed by atoms with Crippen LogP contribution < -0.4 is 10.1 Å². The normalized spacial score (nSPS) is 11.4. The second kappa shape index (κ2) is 10.7. The molecule has 32 heavy (non-hydrogen) atoms. The predicted octanol–water partition coefficient (Wildman–Crippen LogP) is 4.80. The van der Waals surface area contributed by atoms with Gasteiger partial charge >= 0.3 is 0 Å². The SMILES string of the molecule is CCN(CC(=O)Nc1ccccc1Sc1ccccc1)S(=O)(=O)c1ccc(OC)c(C)c1. The first-order valence-electron chi connectivity index (χ1n) is 10.1. The lowest BCUT2D eigenvalue weighted by Gasteiger charge is -2.21. The Hall–Kier alpha value is -2.81. The van der Waals surface area contributed by atoms with E-state index in [1.165, 1.54) is 24.9 Å². The van der Waals surface area contributed by atoms with E-state index in [1.54, 1.807) is 32.0 Å². The Balaban J connectivity index is 1.75. The molecule has 8 heteroatoms. The molecule has 3 aromatic carbocycles. The molecule has 0 aliphatic carbocycles. The van der Waals surface area contributed by atoms with E-state index in [0.29, 0.717) is 17.0 Å². The number of nitrogens with one attached hydrogen (secondary N) is 1. The predicted molar refractivity (Wildman–Crippen MR) is 128 cm³/mol. The molecular formula is C24H26N2O4S2. The Labute approximate surface area is 193 Å². The van der Waals surface area contributed by atoms with Crippen molar-refractivity contribution in [2.45, 2.75) is 28.5 Å². The van der Waals surface area contributed by atoms with Crippen LogP contribution in [0.2, 0.25) is 0 Å². The van der Waals surface area contributed by atoms with Crippen LogP contribution in [-0.2, 0) is 14.8 Å². The highest BCUT2D eigenvalue weighted by Crippen LogP contribution is 2.33. The standard InChI is InChI=1S/C24H26N2O4S2/c1-4-26(32(28,29)20-14-15-22(30-3)18(2)16-20)17-24(27)25-21-12-8-9-13-23(21)31-19-10-6-5-7-11-19/h5-16H,4,17H2,1-3H3,(H,25,27). The van der Waals surface area contributed by atoms with E-state index in [9.17, 15) is 13.2 Å². The molecule has 1 N–H and O–H groups in total. The van der Waals surface area contributed by atoms with Crippen molar-refractivity contribution in [1.82, 2.24) is 4.31 Å². The maximum Gasteiger partial charge on any atom is 0.243 e. The first-order valence-corrected chi connectivity index (χ1v) is 12.4. The van der Waals surface area contributed by atoms with Crippen LogP contribution in [0, 0.1) is 6.92 Å². The van der Waals surface area contributed by atoms with Gasteiger partial charge in [0, 0.05) is 16.3 Å². The number of hydrogen-bond donors (Lipinski definition) is 1. The molecule has 0 unspecified atom stereocenters. The van der Waals surface area contributed by atoms with Crippen LogP contribution in [0.15, 0.2) is 87.5 Å². The topological polar surface area (TPSA) is 75.7 Å². The number of aryl methyl sites for hydroxylation is 1. The lowest BCUT2D eigenvalue weighted by Crippen LogP contribution is -2.37. The number of nitrogens with zero attached hydrogens (tertiary/aromatic N) is 1. The summed E-state index contributed by atoms with van der Waals surface area (Å²) in [7, 11) is -2.30. The van der Waals surface area contributed by atoms with Gasteiger partial charge in [0.05, 0.1) is 24.2 Å². The first kappa shape index (κ1) is 23.8. The van der Waals surface area contributed by atoms with Gasteiger partial charge in [-0.1, -0.05) is 49.0 Å². The maximum absolute atomic E-state index is 13.1. The molecular weight excluding hydrogens is 444 g/mol. The van der Waals surface area contributed by atoms with Crippen LogP contribution in [-0.4, -0.2) is 38.8 Å². The quantitative estimate of drug-likeness (QED) is 0.486. The Morgan fingerprint density at radius 1 is 1.03 bits per heavy atom. The largest absolute Gasteiger partial charge is 0.496 e. The van der Waals surface area contributed by atoms with E-state index in [1.807, 2.05) is 48.5 Å². The molecule has 0 saturated heterocycles. The number of para-hydroxylation sites is 1. The fourth-order valence-electron chi connectivity index (χ4n) is 3.15. The van der Waals surface area contributed by atoms with E-state index in [-0.39, 0.29) is 18.0 Å². The van der Waals surface area contributed by atoms with Gasteiger partial charge in [-0.05, 0) is 55.0 Å². The summed E-state index contributed by atoms with van der Waals surface area (Å²) in [5, 5.41) is 2.86. The van der Waals surface area contributed by atoms with Crippen molar-refractivity contribution in [3.63, 3.8) is 0 Å². The van der Waals surface area contributed by atoms with Crippen molar-refractivity contribution in [3.8, 4) is 5.75 Å². The van der Waals surface area contributed by atoms with Crippen LogP contribution in [0.1, 0.15) is 12.5 Å². The summed E-state index contributed by atoms with van der Waals surface area (Å²) < 4.78 is 32.6. The third-order valence-electron chi connectivity index (χ3n) is 4.81. The molecule has 0 aromatic heterocycles. The van der Waals surface area contributed by atoms with Gasteiger partial charge in [-0.2, -0.15) is 4.31 Å². The summed E-state index contributed by atoms with van der Waals surface area (Å²) in [5.74, 6) is 0.207. The highest BCUT2D eigenvalue weighted by atomic mass is 32.2. The Kier molecular flexibility index (Phi) is 7.95. The van der Waals surface area contributed by atoms with Crippen LogP contribution in [0.25, 0.3) is 0 Å². The summed E-state index contributed by atoms with van der Waals surface area (Å²) in [6.07, 6.45) is 0. The van der Waals surface area contributed by atoms with E-state index in [4.69, 9.17) is 4.74 Å². The molecule has 0 bridgehead atoms. The molecule has 168 valence electrons. The third kappa shape index (κ3) is 5.70. The van der Waals surface area contributed by atoms with Crippen molar-refractivity contribution < 1.29 is 17.9 Å². The minimum absolute atomic E-state index is 0.130. The molecule has 0 fully saturated rings. The molecule has 0 spiro atoms. The lowest BCUT2D eigenvalue weighted by atomic mass is 10.2. The van der Waals surface area contributed by atoms with Gasteiger partial charge in [-0.15, -0.1) is 0 Å². The van der Waals surface area contributed by atoms with Crippen molar-refractivity contribution in [1.29, 1.82) is 0 Å². The van der Waals surface area contributed by atoms with Crippen LogP contribution in [0.4, 0.5) is 5.69 Å². The van der Waals surface area contributed by atoms with Gasteiger partial charge in [0.15, 0.2) is 0 Å². The van der Waals surface area contributed by atoms with Gasteiger partial charge in [0.1, 0.15) is 5.75 Å². The van der Waals surface area contributed by atoms with E-state index in [0.717, 1.165) is 14.1 Å². The summed E-state index contributed by atoms with van der Waals surface area (Å²) >= 11 is 1.53. The Morgan fingerprint density at radius 3 is 2.38 bits per heavy atom. The average Bonchev–Trinajstić information content (AvgIpc) is 2.79. The molecule has 1 amide bonds. The Morgan fingerprint density at radius 2 is 1.72 bits per heavy atom. The number of likely N-dealkylation sites (N-methyl/N-ethyl adjacent to an activating group) is 1. The van der Waals surface area contributed by atoms with Gasteiger partial charge < -0.3 is 10.1 Å². The number of rotatable bonds is 9. The van der Waals surface area contributed by atoms with Crippen LogP contribution in [0.3, 0.4) is 0 Å². The lowest BCUT2D eigenvalue weighted by molar-refractivity contribution is -0.116. The molecule has 3 rings (SSSR count). The van der Waals surface area contributed by atoms with Crippen molar-refractivity contribution >= 4 is 33.4 Å². The zero-order chi connectivity index (χ0) is 23.1. The smallest absolute Gasteiger partial charge is 0.243 e. The van der Waals surface area contributed by atoms with Gasteiger partial charge in [0.2, 0.25) is 15.9 Å². The molecule has 3 aromatic rings. The fourth-order valence-corrected chi connectivity index (χ4v) is 5.57. The molecule has 0 heterocycles. The third-order valence-corrected chi connectivity index (χ3v) is 7.81.